The second-order valence-electron chi connectivity index (χ2n) is 4.47. The van der Waals surface area contributed by atoms with Gasteiger partial charge >= 0.3 is 0 Å². The lowest BCUT2D eigenvalue weighted by Crippen LogP contribution is -1.99. The maximum atomic E-state index is 9.50. The molecule has 0 saturated carbocycles. The van der Waals surface area contributed by atoms with E-state index in [4.69, 9.17) is 12.2 Å². The highest BCUT2D eigenvalue weighted by atomic mass is 79.9. The molecule has 3 aromatic rings. The molecule has 0 radical (unpaired) electrons. The zero-order valence-corrected chi connectivity index (χ0v) is 14.5. The molecule has 0 spiro atoms. The molecule has 2 N–H and O–H groups in total. The number of H-pyrrole nitrogens is 1. The summed E-state index contributed by atoms with van der Waals surface area (Å²) in [5, 5.41) is 22.9. The molecule has 5 nitrogen and oxygen atoms in total. The zero-order valence-electron chi connectivity index (χ0n) is 11.2. The van der Waals surface area contributed by atoms with E-state index in [2.05, 4.69) is 31.2 Å². The summed E-state index contributed by atoms with van der Waals surface area (Å²) in [4.78, 5) is 1.19. The molecule has 0 aliphatic rings. The Hall–Kier alpha value is -1.77. The van der Waals surface area contributed by atoms with Crippen molar-refractivity contribution in [1.29, 1.82) is 0 Å². The van der Waals surface area contributed by atoms with Crippen LogP contribution >= 0.6 is 39.5 Å². The van der Waals surface area contributed by atoms with Crippen molar-refractivity contribution in [3.05, 3.63) is 61.2 Å². The zero-order chi connectivity index (χ0) is 15.5. The van der Waals surface area contributed by atoms with Crippen LogP contribution in [0, 0.1) is 4.77 Å². The fourth-order valence-corrected chi connectivity index (χ4v) is 3.15. The lowest BCUT2D eigenvalue weighted by molar-refractivity contribution is 0.472. The molecule has 0 amide bonds. The van der Waals surface area contributed by atoms with Gasteiger partial charge in [0.1, 0.15) is 5.75 Å². The van der Waals surface area contributed by atoms with Gasteiger partial charge in [-0.1, -0.05) is 6.07 Å². The minimum Gasteiger partial charge on any atom is -0.507 e. The van der Waals surface area contributed by atoms with Gasteiger partial charge in [0.15, 0.2) is 5.82 Å². The van der Waals surface area contributed by atoms with Gasteiger partial charge < -0.3 is 5.11 Å². The van der Waals surface area contributed by atoms with Crippen LogP contribution in [0.5, 0.6) is 5.75 Å². The fourth-order valence-electron chi connectivity index (χ4n) is 1.85. The minimum absolute atomic E-state index is 0.190. The molecule has 0 bridgehead atoms. The van der Waals surface area contributed by atoms with E-state index in [1.54, 1.807) is 40.4 Å². The van der Waals surface area contributed by atoms with Crippen LogP contribution in [-0.2, 0) is 6.42 Å². The first kappa shape index (κ1) is 15.1. The predicted octanol–water partition coefficient (Wildman–Crippen LogP) is 3.94. The molecule has 8 heteroatoms. The smallest absolute Gasteiger partial charge is 0.216 e. The Bertz CT molecular complexity index is 867. The van der Waals surface area contributed by atoms with Gasteiger partial charge in [0.25, 0.3) is 0 Å². The van der Waals surface area contributed by atoms with Crippen molar-refractivity contribution in [3.8, 4) is 5.75 Å². The van der Waals surface area contributed by atoms with E-state index >= 15 is 0 Å². The normalized spacial score (nSPS) is 11.3. The number of rotatable bonds is 4. The molecule has 0 unspecified atom stereocenters. The summed E-state index contributed by atoms with van der Waals surface area (Å²) in [7, 11) is 0. The molecule has 2 aromatic heterocycles. The van der Waals surface area contributed by atoms with Crippen LogP contribution in [0.4, 0.5) is 0 Å². The van der Waals surface area contributed by atoms with Crippen molar-refractivity contribution in [1.82, 2.24) is 14.9 Å². The molecule has 112 valence electrons. The molecule has 0 fully saturated rings. The van der Waals surface area contributed by atoms with Crippen LogP contribution in [-0.4, -0.2) is 26.2 Å². The van der Waals surface area contributed by atoms with Crippen molar-refractivity contribution >= 4 is 45.7 Å². The van der Waals surface area contributed by atoms with Gasteiger partial charge in [-0.2, -0.15) is 14.9 Å². The molecular weight excluding hydrogens is 384 g/mol. The lowest BCUT2D eigenvalue weighted by atomic mass is 10.2. The van der Waals surface area contributed by atoms with E-state index in [0.717, 1.165) is 11.4 Å². The number of nitrogens with zero attached hydrogens (tertiary/aromatic N) is 3. The Morgan fingerprint density at radius 2 is 2.32 bits per heavy atom. The third-order valence-electron chi connectivity index (χ3n) is 2.92. The second-order valence-corrected chi connectivity index (χ2v) is 6.74. The van der Waals surface area contributed by atoms with Gasteiger partial charge in [0.2, 0.25) is 4.77 Å². The maximum Gasteiger partial charge on any atom is 0.216 e. The number of nitrogens with one attached hydrogen (secondary N) is 1. The van der Waals surface area contributed by atoms with Crippen molar-refractivity contribution in [2.45, 2.75) is 6.42 Å². The van der Waals surface area contributed by atoms with E-state index in [-0.39, 0.29) is 5.75 Å². The molecule has 0 saturated heterocycles. The molecule has 0 atom stereocenters. The van der Waals surface area contributed by atoms with Crippen molar-refractivity contribution in [3.63, 3.8) is 0 Å². The summed E-state index contributed by atoms with van der Waals surface area (Å²) in [6, 6.07) is 9.21. The van der Waals surface area contributed by atoms with Crippen LogP contribution in [0.1, 0.15) is 16.3 Å². The number of aromatic nitrogens is 3. The quantitative estimate of drug-likeness (QED) is 0.520. The van der Waals surface area contributed by atoms with E-state index < -0.39 is 0 Å². The molecular formula is C14H11BrN4OS2. The van der Waals surface area contributed by atoms with Gasteiger partial charge in [0, 0.05) is 11.3 Å². The van der Waals surface area contributed by atoms with E-state index in [0.29, 0.717) is 15.7 Å². The SMILES string of the molecule is Oc1ccc(/C=N\n2c(Cc3cccs3)n[nH]c2=S)cc1Br. The van der Waals surface area contributed by atoms with Crippen LogP contribution in [0.3, 0.4) is 0 Å². The Morgan fingerprint density at radius 1 is 1.45 bits per heavy atom. The monoisotopic (exact) mass is 394 g/mol. The van der Waals surface area contributed by atoms with E-state index in [9.17, 15) is 5.11 Å². The molecule has 22 heavy (non-hydrogen) atoms. The van der Waals surface area contributed by atoms with Gasteiger partial charge in [0.05, 0.1) is 10.7 Å². The summed E-state index contributed by atoms with van der Waals surface area (Å²) in [5.74, 6) is 0.942. The molecule has 3 rings (SSSR count). The molecule has 0 aliphatic heterocycles. The largest absolute Gasteiger partial charge is 0.507 e. The third kappa shape index (κ3) is 3.34. The van der Waals surface area contributed by atoms with Crippen molar-refractivity contribution in [2.75, 3.05) is 0 Å². The van der Waals surface area contributed by atoms with Crippen LogP contribution < -0.4 is 0 Å². The first-order chi connectivity index (χ1) is 10.6. The lowest BCUT2D eigenvalue weighted by Gasteiger charge is -2.00. The first-order valence-corrected chi connectivity index (χ1v) is 8.43. The number of hydrogen-bond acceptors (Lipinski definition) is 5. The van der Waals surface area contributed by atoms with Crippen LogP contribution in [0.15, 0.2) is 45.3 Å². The highest BCUT2D eigenvalue weighted by molar-refractivity contribution is 9.10. The summed E-state index contributed by atoms with van der Waals surface area (Å²) >= 11 is 10.2. The molecule has 2 heterocycles. The molecule has 0 aliphatic carbocycles. The number of aromatic amines is 1. The minimum atomic E-state index is 0.190. The summed E-state index contributed by atoms with van der Waals surface area (Å²) in [6.45, 7) is 0. The Morgan fingerprint density at radius 3 is 3.05 bits per heavy atom. The number of halogens is 1. The first-order valence-electron chi connectivity index (χ1n) is 6.35. The van der Waals surface area contributed by atoms with E-state index in [1.807, 2.05) is 17.5 Å². The highest BCUT2D eigenvalue weighted by Gasteiger charge is 2.07. The van der Waals surface area contributed by atoms with E-state index in [1.165, 1.54) is 4.88 Å². The van der Waals surface area contributed by atoms with Crippen LogP contribution in [0.25, 0.3) is 0 Å². The summed E-state index contributed by atoms with van der Waals surface area (Å²) < 4.78 is 2.67. The number of benzene rings is 1. The van der Waals surface area contributed by atoms with Gasteiger partial charge in [-0.3, -0.25) is 5.10 Å². The number of aromatic hydroxyl groups is 1. The maximum absolute atomic E-state index is 9.50. The molecule has 1 aromatic carbocycles. The van der Waals surface area contributed by atoms with Crippen molar-refractivity contribution in [2.24, 2.45) is 5.10 Å². The Labute approximate surface area is 144 Å². The number of phenolic OH excluding ortho intramolecular Hbond substituents is 1. The number of thiophene rings is 1. The summed E-state index contributed by atoms with van der Waals surface area (Å²) in [5.41, 5.74) is 0.842. The Balaban J connectivity index is 1.88. The topological polar surface area (TPSA) is 66.2 Å². The fraction of sp³-hybridized carbons (Fsp3) is 0.0714. The predicted molar refractivity (Wildman–Crippen MR) is 93.3 cm³/mol. The second kappa shape index (κ2) is 6.55. The Kier molecular flexibility index (Phi) is 4.51. The standard InChI is InChI=1S/C14H11BrN4OS2/c15-11-6-9(3-4-12(11)20)8-16-19-13(17-18-14(19)21)7-10-2-1-5-22-10/h1-6,8,20H,7H2,(H,18,21)/b16-8-. The van der Waals surface area contributed by atoms with Crippen molar-refractivity contribution < 1.29 is 5.11 Å². The number of phenols is 1. The third-order valence-corrected chi connectivity index (χ3v) is 4.70. The summed E-state index contributed by atoms with van der Waals surface area (Å²) in [6.07, 6.45) is 2.34. The van der Waals surface area contributed by atoms with Crippen LogP contribution in [0.2, 0.25) is 0 Å². The van der Waals surface area contributed by atoms with Gasteiger partial charge in [-0.25, -0.2) is 0 Å². The van der Waals surface area contributed by atoms with Gasteiger partial charge in [-0.15, -0.1) is 11.3 Å². The highest BCUT2D eigenvalue weighted by Crippen LogP contribution is 2.23. The number of hydrogen-bond donors (Lipinski definition) is 2. The average Bonchev–Trinajstić information content (AvgIpc) is 3.12. The average molecular weight is 395 g/mol. The van der Waals surface area contributed by atoms with Gasteiger partial charge in [-0.05, 0) is 63.4 Å².